The van der Waals surface area contributed by atoms with Crippen LogP contribution in [0.1, 0.15) is 48.4 Å². The predicted octanol–water partition coefficient (Wildman–Crippen LogP) is 4.99. The van der Waals surface area contributed by atoms with E-state index in [2.05, 4.69) is 72.9 Å². The molecule has 1 unspecified atom stereocenters. The van der Waals surface area contributed by atoms with Gasteiger partial charge in [-0.15, -0.1) is 0 Å². The fourth-order valence-electron chi connectivity index (χ4n) is 4.56. The van der Waals surface area contributed by atoms with Crippen LogP contribution in [-0.4, -0.2) is 54.8 Å². The number of methoxy groups -OCH3 is 1. The SMILES string of the molecule is COCCN1CCOC(c2ccc3[nH]c(-c4cc(C)nc(C)c4)c(C(C)C)c3c2)C1. The van der Waals surface area contributed by atoms with Gasteiger partial charge in [-0.2, -0.15) is 0 Å². The molecule has 0 bridgehead atoms. The molecule has 1 aliphatic rings. The Morgan fingerprint density at radius 1 is 1.20 bits per heavy atom. The molecule has 1 atom stereocenters. The van der Waals surface area contributed by atoms with Crippen LogP contribution in [0.25, 0.3) is 22.2 Å². The van der Waals surface area contributed by atoms with Crippen molar-refractivity contribution in [3.8, 4) is 11.3 Å². The highest BCUT2D eigenvalue weighted by Gasteiger charge is 2.23. The maximum Gasteiger partial charge on any atom is 0.0952 e. The van der Waals surface area contributed by atoms with Gasteiger partial charge in [-0.25, -0.2) is 0 Å². The van der Waals surface area contributed by atoms with Crippen molar-refractivity contribution < 1.29 is 9.47 Å². The van der Waals surface area contributed by atoms with Gasteiger partial charge in [-0.3, -0.25) is 9.88 Å². The summed E-state index contributed by atoms with van der Waals surface area (Å²) in [5, 5.41) is 1.29. The summed E-state index contributed by atoms with van der Waals surface area (Å²) in [5.74, 6) is 0.406. The first-order chi connectivity index (χ1) is 14.5. The number of H-pyrrole nitrogens is 1. The van der Waals surface area contributed by atoms with E-state index in [4.69, 9.17) is 9.47 Å². The lowest BCUT2D eigenvalue weighted by Crippen LogP contribution is -2.40. The molecule has 1 saturated heterocycles. The Hall–Kier alpha value is -2.21. The molecule has 1 N–H and O–H groups in total. The van der Waals surface area contributed by atoms with Crippen molar-refractivity contribution in [2.24, 2.45) is 0 Å². The van der Waals surface area contributed by atoms with E-state index in [9.17, 15) is 0 Å². The molecule has 5 nitrogen and oxygen atoms in total. The fraction of sp³-hybridized carbons (Fsp3) is 0.480. The zero-order chi connectivity index (χ0) is 21.3. The summed E-state index contributed by atoms with van der Waals surface area (Å²) >= 11 is 0. The summed E-state index contributed by atoms with van der Waals surface area (Å²) in [6, 6.07) is 11.1. The monoisotopic (exact) mass is 407 g/mol. The van der Waals surface area contributed by atoms with Crippen molar-refractivity contribution in [3.63, 3.8) is 0 Å². The van der Waals surface area contributed by atoms with E-state index in [-0.39, 0.29) is 6.10 Å². The molecular weight excluding hydrogens is 374 g/mol. The molecule has 5 heteroatoms. The molecule has 3 heterocycles. The van der Waals surface area contributed by atoms with E-state index < -0.39 is 0 Å². The molecule has 30 heavy (non-hydrogen) atoms. The minimum atomic E-state index is 0.101. The van der Waals surface area contributed by atoms with Crippen LogP contribution >= 0.6 is 0 Å². The van der Waals surface area contributed by atoms with Crippen LogP contribution in [0, 0.1) is 13.8 Å². The number of aryl methyl sites for hydroxylation is 2. The molecule has 0 spiro atoms. The van der Waals surface area contributed by atoms with Crippen LogP contribution in [0.5, 0.6) is 0 Å². The highest BCUT2D eigenvalue weighted by molar-refractivity contribution is 5.92. The Bertz CT molecular complexity index is 1000. The Labute approximate surface area is 179 Å². The van der Waals surface area contributed by atoms with Gasteiger partial charge < -0.3 is 14.5 Å². The highest BCUT2D eigenvalue weighted by Crippen LogP contribution is 2.37. The number of benzene rings is 1. The number of nitrogens with one attached hydrogen (secondary N) is 1. The minimum Gasteiger partial charge on any atom is -0.383 e. The Morgan fingerprint density at radius 2 is 1.97 bits per heavy atom. The number of fused-ring (bicyclic) bond motifs is 1. The van der Waals surface area contributed by atoms with Crippen molar-refractivity contribution in [1.29, 1.82) is 0 Å². The second kappa shape index (κ2) is 8.88. The number of hydrogen-bond acceptors (Lipinski definition) is 4. The molecule has 1 fully saturated rings. The number of aromatic nitrogens is 2. The van der Waals surface area contributed by atoms with Crippen molar-refractivity contribution in [1.82, 2.24) is 14.9 Å². The van der Waals surface area contributed by atoms with Crippen molar-refractivity contribution >= 4 is 10.9 Å². The second-order valence-corrected chi connectivity index (χ2v) is 8.66. The van der Waals surface area contributed by atoms with Gasteiger partial charge in [0, 0.05) is 54.6 Å². The van der Waals surface area contributed by atoms with Crippen LogP contribution < -0.4 is 0 Å². The summed E-state index contributed by atoms with van der Waals surface area (Å²) in [4.78, 5) is 10.7. The third-order valence-corrected chi connectivity index (χ3v) is 5.94. The third-order valence-electron chi connectivity index (χ3n) is 5.94. The van der Waals surface area contributed by atoms with E-state index in [1.807, 2.05) is 0 Å². The number of aromatic amines is 1. The van der Waals surface area contributed by atoms with Gasteiger partial charge in [0.25, 0.3) is 0 Å². The molecular formula is C25H33N3O2. The van der Waals surface area contributed by atoms with Gasteiger partial charge in [0.05, 0.1) is 25.0 Å². The second-order valence-electron chi connectivity index (χ2n) is 8.66. The number of ether oxygens (including phenoxy) is 2. The standard InChI is InChI=1S/C25H33N3O2/c1-16(2)24-21-14-19(23-15-28(8-10-29-5)9-11-30-23)6-7-22(21)27-25(24)20-12-17(3)26-18(4)13-20/h6-7,12-14,16,23,27H,8-11,15H2,1-5H3. The van der Waals surface area contributed by atoms with Gasteiger partial charge in [0.1, 0.15) is 0 Å². The zero-order valence-corrected chi connectivity index (χ0v) is 18.8. The van der Waals surface area contributed by atoms with Gasteiger partial charge in [-0.05, 0) is 55.2 Å². The Morgan fingerprint density at radius 3 is 2.67 bits per heavy atom. The summed E-state index contributed by atoms with van der Waals surface area (Å²) in [6.45, 7) is 13.0. The third kappa shape index (κ3) is 4.29. The summed E-state index contributed by atoms with van der Waals surface area (Å²) in [6.07, 6.45) is 0.101. The summed E-state index contributed by atoms with van der Waals surface area (Å²) in [7, 11) is 1.76. The molecule has 0 saturated carbocycles. The number of pyridine rings is 1. The maximum absolute atomic E-state index is 6.15. The van der Waals surface area contributed by atoms with Crippen molar-refractivity contribution in [2.75, 3.05) is 40.0 Å². The topological polar surface area (TPSA) is 50.4 Å². The largest absolute Gasteiger partial charge is 0.383 e. The normalized spacial score (nSPS) is 17.9. The minimum absolute atomic E-state index is 0.101. The van der Waals surface area contributed by atoms with E-state index in [0.717, 1.165) is 44.2 Å². The lowest BCUT2D eigenvalue weighted by atomic mass is 9.94. The first kappa shape index (κ1) is 21.0. The molecule has 1 aromatic carbocycles. The molecule has 3 aromatic rings. The van der Waals surface area contributed by atoms with Crippen LogP contribution in [-0.2, 0) is 9.47 Å². The van der Waals surface area contributed by atoms with Crippen molar-refractivity contribution in [2.45, 2.75) is 39.7 Å². The number of rotatable bonds is 6. The van der Waals surface area contributed by atoms with Crippen molar-refractivity contribution in [3.05, 3.63) is 52.8 Å². The quantitative estimate of drug-likeness (QED) is 0.625. The van der Waals surface area contributed by atoms with Gasteiger partial charge in [0.2, 0.25) is 0 Å². The van der Waals surface area contributed by atoms with Gasteiger partial charge in [0.15, 0.2) is 0 Å². The van der Waals surface area contributed by atoms with Crippen LogP contribution in [0.15, 0.2) is 30.3 Å². The maximum atomic E-state index is 6.15. The smallest absolute Gasteiger partial charge is 0.0952 e. The number of nitrogens with zero attached hydrogens (tertiary/aromatic N) is 2. The average Bonchev–Trinajstić information content (AvgIpc) is 3.11. The Kier molecular flexibility index (Phi) is 6.23. The summed E-state index contributed by atoms with van der Waals surface area (Å²) < 4.78 is 11.4. The molecule has 1 aliphatic heterocycles. The average molecular weight is 408 g/mol. The van der Waals surface area contributed by atoms with Crippen LogP contribution in [0.4, 0.5) is 0 Å². The van der Waals surface area contributed by atoms with E-state index in [1.165, 1.54) is 33.3 Å². The first-order valence-corrected chi connectivity index (χ1v) is 10.9. The van der Waals surface area contributed by atoms with Gasteiger partial charge >= 0.3 is 0 Å². The first-order valence-electron chi connectivity index (χ1n) is 10.9. The van der Waals surface area contributed by atoms with Crippen LogP contribution in [0.3, 0.4) is 0 Å². The zero-order valence-electron chi connectivity index (χ0n) is 18.8. The number of morpholine rings is 1. The predicted molar refractivity (Wildman–Crippen MR) is 122 cm³/mol. The Balaban J connectivity index is 1.73. The van der Waals surface area contributed by atoms with Crippen LogP contribution in [0.2, 0.25) is 0 Å². The summed E-state index contributed by atoms with van der Waals surface area (Å²) in [5.41, 5.74) is 8.30. The highest BCUT2D eigenvalue weighted by atomic mass is 16.5. The molecule has 160 valence electrons. The molecule has 0 aliphatic carbocycles. The van der Waals surface area contributed by atoms with E-state index in [1.54, 1.807) is 7.11 Å². The van der Waals surface area contributed by atoms with Gasteiger partial charge in [-0.1, -0.05) is 19.9 Å². The van der Waals surface area contributed by atoms with E-state index >= 15 is 0 Å². The lowest BCUT2D eigenvalue weighted by molar-refractivity contribution is -0.0355. The molecule has 2 aromatic heterocycles. The fourth-order valence-corrected chi connectivity index (χ4v) is 4.56. The number of hydrogen-bond donors (Lipinski definition) is 1. The molecule has 0 amide bonds. The molecule has 0 radical (unpaired) electrons. The molecule has 4 rings (SSSR count). The lowest BCUT2D eigenvalue weighted by Gasteiger charge is -2.33. The van der Waals surface area contributed by atoms with E-state index in [0.29, 0.717) is 5.92 Å².